The van der Waals surface area contributed by atoms with Crippen molar-refractivity contribution >= 4 is 22.9 Å². The first-order valence-corrected chi connectivity index (χ1v) is 9.72. The Balaban J connectivity index is 1.49. The van der Waals surface area contributed by atoms with Crippen molar-refractivity contribution in [2.24, 2.45) is 0 Å². The lowest BCUT2D eigenvalue weighted by molar-refractivity contribution is 0.0979. The van der Waals surface area contributed by atoms with Gasteiger partial charge in [0.2, 0.25) is 0 Å². The maximum absolute atomic E-state index is 13.2. The molecule has 2 N–H and O–H groups in total. The zero-order chi connectivity index (χ0) is 19.1. The highest BCUT2D eigenvalue weighted by Gasteiger charge is 2.34. The summed E-state index contributed by atoms with van der Waals surface area (Å²) in [7, 11) is 0. The summed E-state index contributed by atoms with van der Waals surface area (Å²) in [5.74, 6) is -0.355. The highest BCUT2D eigenvalue weighted by molar-refractivity contribution is 6.31. The minimum Gasteiger partial charge on any atom is -0.383 e. The standard InChI is InChI=1S/C20H22N6O2/c27-19-13-11-23-24-12-14(13)20(28)18-16(22-4-6-26-9-10-26)2-1-15(17(18)19)21-3-5-25-7-8-25/h1-2,11-12,21-22H,3-10H2. The number of ketones is 2. The van der Waals surface area contributed by atoms with Gasteiger partial charge in [-0.15, -0.1) is 0 Å². The van der Waals surface area contributed by atoms with E-state index in [2.05, 4.69) is 30.6 Å². The minimum absolute atomic E-state index is 0.177. The number of carbonyl (C=O) groups is 2. The molecule has 0 spiro atoms. The van der Waals surface area contributed by atoms with E-state index in [0.29, 0.717) is 33.6 Å². The molecular weight excluding hydrogens is 356 g/mol. The smallest absolute Gasteiger partial charge is 0.198 e. The van der Waals surface area contributed by atoms with Gasteiger partial charge in [0, 0.05) is 63.7 Å². The molecular formula is C20H22N6O2. The van der Waals surface area contributed by atoms with Crippen LogP contribution in [0.25, 0.3) is 0 Å². The van der Waals surface area contributed by atoms with E-state index in [9.17, 15) is 9.59 Å². The van der Waals surface area contributed by atoms with Gasteiger partial charge < -0.3 is 10.6 Å². The van der Waals surface area contributed by atoms with Crippen molar-refractivity contribution in [1.82, 2.24) is 20.0 Å². The Labute approximate surface area is 162 Å². The fourth-order valence-electron chi connectivity index (χ4n) is 3.61. The highest BCUT2D eigenvalue weighted by Crippen LogP contribution is 2.36. The number of benzene rings is 1. The fourth-order valence-corrected chi connectivity index (χ4v) is 3.61. The highest BCUT2D eigenvalue weighted by atomic mass is 16.1. The second kappa shape index (κ2) is 6.96. The third kappa shape index (κ3) is 3.25. The van der Waals surface area contributed by atoms with E-state index < -0.39 is 0 Å². The van der Waals surface area contributed by atoms with Crippen LogP contribution in [0.1, 0.15) is 31.8 Å². The maximum atomic E-state index is 13.2. The molecule has 2 fully saturated rings. The summed E-state index contributed by atoms with van der Waals surface area (Å²) in [5, 5.41) is 14.3. The van der Waals surface area contributed by atoms with Gasteiger partial charge >= 0.3 is 0 Å². The molecule has 8 heteroatoms. The van der Waals surface area contributed by atoms with Crippen LogP contribution in [0.4, 0.5) is 11.4 Å². The van der Waals surface area contributed by atoms with Crippen molar-refractivity contribution in [2.45, 2.75) is 0 Å². The topological polar surface area (TPSA) is 90.0 Å². The van der Waals surface area contributed by atoms with Crippen LogP contribution < -0.4 is 10.6 Å². The number of rotatable bonds is 8. The number of nitrogens with zero attached hydrogens (tertiary/aromatic N) is 4. The SMILES string of the molecule is O=C1c2cnncc2C(=O)c2c(NCCN3CC3)ccc(NCCN3CC3)c21. The van der Waals surface area contributed by atoms with Crippen LogP contribution in [0.2, 0.25) is 0 Å². The Kier molecular flexibility index (Phi) is 4.29. The Morgan fingerprint density at radius 3 is 1.57 bits per heavy atom. The molecule has 1 aromatic heterocycles. The van der Waals surface area contributed by atoms with Crippen LogP contribution in [0.15, 0.2) is 24.5 Å². The van der Waals surface area contributed by atoms with Crippen LogP contribution in [-0.2, 0) is 0 Å². The van der Waals surface area contributed by atoms with E-state index in [0.717, 1.165) is 52.4 Å². The molecule has 144 valence electrons. The largest absolute Gasteiger partial charge is 0.383 e. The van der Waals surface area contributed by atoms with Crippen molar-refractivity contribution in [1.29, 1.82) is 0 Å². The molecule has 2 aromatic rings. The molecule has 5 rings (SSSR count). The molecule has 3 heterocycles. The Hall–Kier alpha value is -2.84. The molecule has 2 aliphatic heterocycles. The molecule has 0 atom stereocenters. The number of fused-ring (bicyclic) bond motifs is 2. The summed E-state index contributed by atoms with van der Waals surface area (Å²) in [6.07, 6.45) is 2.78. The molecule has 8 nitrogen and oxygen atoms in total. The van der Waals surface area contributed by atoms with Crippen molar-refractivity contribution < 1.29 is 9.59 Å². The number of nitrogens with one attached hydrogen (secondary N) is 2. The summed E-state index contributed by atoms with van der Waals surface area (Å²) in [5.41, 5.74) is 2.93. The Morgan fingerprint density at radius 1 is 0.750 bits per heavy atom. The molecule has 0 saturated carbocycles. The summed E-state index contributed by atoms with van der Waals surface area (Å²) < 4.78 is 0. The quantitative estimate of drug-likeness (QED) is 0.554. The number of carbonyl (C=O) groups excluding carboxylic acids is 2. The Bertz CT molecular complexity index is 876. The van der Waals surface area contributed by atoms with E-state index >= 15 is 0 Å². The first kappa shape index (κ1) is 17.3. The molecule has 28 heavy (non-hydrogen) atoms. The van der Waals surface area contributed by atoms with E-state index in [-0.39, 0.29) is 11.6 Å². The van der Waals surface area contributed by atoms with Crippen molar-refractivity contribution in [3.05, 3.63) is 46.8 Å². The molecule has 3 aliphatic rings. The van der Waals surface area contributed by atoms with Gasteiger partial charge in [0.05, 0.1) is 34.6 Å². The van der Waals surface area contributed by atoms with Gasteiger partial charge in [-0.3, -0.25) is 19.4 Å². The van der Waals surface area contributed by atoms with E-state index in [4.69, 9.17) is 0 Å². The molecule has 0 radical (unpaired) electrons. The first-order valence-electron chi connectivity index (χ1n) is 9.72. The van der Waals surface area contributed by atoms with Crippen molar-refractivity contribution in [2.75, 3.05) is 63.0 Å². The summed E-state index contributed by atoms with van der Waals surface area (Å²) >= 11 is 0. The predicted molar refractivity (Wildman–Crippen MR) is 105 cm³/mol. The van der Waals surface area contributed by atoms with E-state index in [1.165, 1.54) is 12.4 Å². The number of anilines is 2. The van der Waals surface area contributed by atoms with Gasteiger partial charge in [-0.1, -0.05) is 0 Å². The van der Waals surface area contributed by atoms with Crippen molar-refractivity contribution in [3.8, 4) is 0 Å². The van der Waals surface area contributed by atoms with Crippen LogP contribution in [0, 0.1) is 0 Å². The Morgan fingerprint density at radius 2 is 1.18 bits per heavy atom. The van der Waals surface area contributed by atoms with Gasteiger partial charge in [-0.05, 0) is 12.1 Å². The normalized spacial score (nSPS) is 17.9. The molecule has 0 bridgehead atoms. The molecule has 1 aliphatic carbocycles. The monoisotopic (exact) mass is 378 g/mol. The van der Waals surface area contributed by atoms with Gasteiger partial charge in [0.1, 0.15) is 0 Å². The maximum Gasteiger partial charge on any atom is 0.198 e. The first-order chi connectivity index (χ1) is 13.7. The van der Waals surface area contributed by atoms with Crippen LogP contribution >= 0.6 is 0 Å². The number of aromatic nitrogens is 2. The zero-order valence-corrected chi connectivity index (χ0v) is 15.6. The van der Waals surface area contributed by atoms with Gasteiger partial charge in [-0.2, -0.15) is 10.2 Å². The molecule has 0 unspecified atom stereocenters. The fraction of sp³-hybridized carbons (Fsp3) is 0.400. The van der Waals surface area contributed by atoms with Crippen LogP contribution in [-0.4, -0.2) is 83.9 Å². The van der Waals surface area contributed by atoms with E-state index in [1.807, 2.05) is 12.1 Å². The molecule has 2 saturated heterocycles. The minimum atomic E-state index is -0.177. The van der Waals surface area contributed by atoms with Crippen LogP contribution in [0.3, 0.4) is 0 Å². The van der Waals surface area contributed by atoms with Crippen LogP contribution in [0.5, 0.6) is 0 Å². The van der Waals surface area contributed by atoms with Gasteiger partial charge in [-0.25, -0.2) is 0 Å². The summed E-state index contributed by atoms with van der Waals surface area (Å²) in [4.78, 5) is 31.1. The second-order valence-corrected chi connectivity index (χ2v) is 7.42. The summed E-state index contributed by atoms with van der Waals surface area (Å²) in [6, 6.07) is 3.79. The van der Waals surface area contributed by atoms with E-state index in [1.54, 1.807) is 0 Å². The number of hydrogen-bond donors (Lipinski definition) is 2. The zero-order valence-electron chi connectivity index (χ0n) is 15.6. The lowest BCUT2D eigenvalue weighted by Crippen LogP contribution is -2.26. The average molecular weight is 378 g/mol. The summed E-state index contributed by atoms with van der Waals surface area (Å²) in [6.45, 7) is 7.83. The molecule has 1 aromatic carbocycles. The lowest BCUT2D eigenvalue weighted by atomic mass is 9.83. The third-order valence-electron chi connectivity index (χ3n) is 5.45. The predicted octanol–water partition coefficient (Wildman–Crippen LogP) is 0.707. The lowest BCUT2D eigenvalue weighted by Gasteiger charge is -2.23. The number of hydrogen-bond acceptors (Lipinski definition) is 8. The average Bonchev–Trinajstić information content (AvgIpc) is 3.62. The van der Waals surface area contributed by atoms with Gasteiger partial charge in [0.25, 0.3) is 0 Å². The second-order valence-electron chi connectivity index (χ2n) is 7.42. The third-order valence-corrected chi connectivity index (χ3v) is 5.45. The van der Waals surface area contributed by atoms with Gasteiger partial charge in [0.15, 0.2) is 11.6 Å². The molecule has 0 amide bonds. The van der Waals surface area contributed by atoms with Crippen molar-refractivity contribution in [3.63, 3.8) is 0 Å².